The first-order chi connectivity index (χ1) is 9.78. The van der Waals surface area contributed by atoms with E-state index < -0.39 is 0 Å². The van der Waals surface area contributed by atoms with Gasteiger partial charge in [0.15, 0.2) is 0 Å². The molecule has 1 aliphatic heterocycles. The van der Waals surface area contributed by atoms with Crippen LogP contribution in [-0.4, -0.2) is 33.0 Å². The summed E-state index contributed by atoms with van der Waals surface area (Å²) < 4.78 is 0. The molecule has 0 aromatic carbocycles. The average Bonchev–Trinajstić information content (AvgIpc) is 3.01. The van der Waals surface area contributed by atoms with Crippen molar-refractivity contribution < 1.29 is 0 Å². The van der Waals surface area contributed by atoms with E-state index in [1.165, 1.54) is 6.20 Å². The van der Waals surface area contributed by atoms with Crippen LogP contribution in [0.15, 0.2) is 18.6 Å². The van der Waals surface area contributed by atoms with Crippen LogP contribution in [0, 0.1) is 11.3 Å². The second-order valence-corrected chi connectivity index (χ2v) is 4.84. The number of aromatic nitrogens is 4. The standard InChI is InChI=1S/C13H15N7/c14-6-10-7-18-13(19-11(10)15)20-5-1-2-9(8-20)12-16-3-4-17-12/h3-4,7,9H,1-2,5,8H2,(H,16,17)(H2,15,18,19). The first-order valence-electron chi connectivity index (χ1n) is 6.55. The van der Waals surface area contributed by atoms with Crippen molar-refractivity contribution in [1.29, 1.82) is 5.26 Å². The molecular weight excluding hydrogens is 254 g/mol. The van der Waals surface area contributed by atoms with E-state index in [1.807, 2.05) is 12.3 Å². The van der Waals surface area contributed by atoms with E-state index in [0.29, 0.717) is 17.4 Å². The minimum Gasteiger partial charge on any atom is -0.382 e. The van der Waals surface area contributed by atoms with Crippen molar-refractivity contribution in [2.24, 2.45) is 0 Å². The molecule has 102 valence electrons. The number of piperidine rings is 1. The van der Waals surface area contributed by atoms with Crippen LogP contribution in [0.4, 0.5) is 11.8 Å². The molecule has 2 aromatic heterocycles. The summed E-state index contributed by atoms with van der Waals surface area (Å²) in [5.74, 6) is 2.16. The number of rotatable bonds is 2. The number of aromatic amines is 1. The van der Waals surface area contributed by atoms with Crippen LogP contribution >= 0.6 is 0 Å². The third-order valence-corrected chi connectivity index (χ3v) is 3.54. The summed E-state index contributed by atoms with van der Waals surface area (Å²) in [6.07, 6.45) is 7.23. The number of nitrogens with one attached hydrogen (secondary N) is 1. The first-order valence-corrected chi connectivity index (χ1v) is 6.55. The highest BCUT2D eigenvalue weighted by molar-refractivity contribution is 5.50. The Bertz CT molecular complexity index is 629. The summed E-state index contributed by atoms with van der Waals surface area (Å²) in [6, 6.07) is 1.97. The summed E-state index contributed by atoms with van der Waals surface area (Å²) in [6.45, 7) is 1.70. The Hall–Kier alpha value is -2.62. The largest absolute Gasteiger partial charge is 0.382 e. The van der Waals surface area contributed by atoms with Gasteiger partial charge in [0, 0.05) is 31.4 Å². The van der Waals surface area contributed by atoms with Gasteiger partial charge in [-0.15, -0.1) is 0 Å². The maximum atomic E-state index is 8.85. The van der Waals surface area contributed by atoms with Crippen LogP contribution in [0.5, 0.6) is 0 Å². The first kappa shape index (κ1) is 12.4. The molecule has 1 unspecified atom stereocenters. The van der Waals surface area contributed by atoms with Crippen LogP contribution in [-0.2, 0) is 0 Å². The van der Waals surface area contributed by atoms with Crippen molar-refractivity contribution in [3.63, 3.8) is 0 Å². The average molecular weight is 269 g/mol. The molecule has 2 aromatic rings. The normalized spacial score (nSPS) is 18.8. The molecule has 1 aliphatic rings. The predicted molar refractivity (Wildman–Crippen MR) is 73.9 cm³/mol. The number of hydrogen-bond donors (Lipinski definition) is 2. The second kappa shape index (κ2) is 5.17. The Morgan fingerprint density at radius 2 is 2.35 bits per heavy atom. The number of imidazole rings is 1. The van der Waals surface area contributed by atoms with Gasteiger partial charge in [0.05, 0.1) is 6.20 Å². The number of anilines is 2. The van der Waals surface area contributed by atoms with Gasteiger partial charge >= 0.3 is 0 Å². The molecule has 0 radical (unpaired) electrons. The van der Waals surface area contributed by atoms with Crippen LogP contribution in [0.3, 0.4) is 0 Å². The Balaban J connectivity index is 1.80. The summed E-state index contributed by atoms with van der Waals surface area (Å²) in [7, 11) is 0. The zero-order chi connectivity index (χ0) is 13.9. The molecule has 0 spiro atoms. The number of nitrogens with zero attached hydrogens (tertiary/aromatic N) is 5. The lowest BCUT2D eigenvalue weighted by atomic mass is 9.98. The van der Waals surface area contributed by atoms with Gasteiger partial charge in [-0.05, 0) is 12.8 Å². The lowest BCUT2D eigenvalue weighted by Gasteiger charge is -2.31. The minimum atomic E-state index is 0.234. The van der Waals surface area contributed by atoms with Gasteiger partial charge in [-0.3, -0.25) is 0 Å². The number of hydrogen-bond acceptors (Lipinski definition) is 6. The minimum absolute atomic E-state index is 0.234. The van der Waals surface area contributed by atoms with Crippen LogP contribution < -0.4 is 10.6 Å². The summed E-state index contributed by atoms with van der Waals surface area (Å²) in [5, 5.41) is 8.85. The maximum absolute atomic E-state index is 8.85. The molecule has 3 rings (SSSR count). The molecule has 1 fully saturated rings. The fraction of sp³-hybridized carbons (Fsp3) is 0.385. The maximum Gasteiger partial charge on any atom is 0.227 e. The van der Waals surface area contributed by atoms with E-state index in [-0.39, 0.29) is 5.82 Å². The lowest BCUT2D eigenvalue weighted by Crippen LogP contribution is -2.36. The zero-order valence-corrected chi connectivity index (χ0v) is 11.0. The van der Waals surface area contributed by atoms with Gasteiger partial charge in [0.25, 0.3) is 0 Å². The lowest BCUT2D eigenvalue weighted by molar-refractivity contribution is 0.488. The molecule has 0 amide bonds. The monoisotopic (exact) mass is 269 g/mol. The third-order valence-electron chi connectivity index (χ3n) is 3.54. The van der Waals surface area contributed by atoms with Crippen LogP contribution in [0.25, 0.3) is 0 Å². The van der Waals surface area contributed by atoms with E-state index in [9.17, 15) is 0 Å². The molecule has 20 heavy (non-hydrogen) atoms. The number of nitrogen functional groups attached to an aromatic ring is 1. The Morgan fingerprint density at radius 1 is 1.45 bits per heavy atom. The number of H-pyrrole nitrogens is 1. The van der Waals surface area contributed by atoms with Gasteiger partial charge in [-0.2, -0.15) is 10.2 Å². The number of nitrogens with two attached hydrogens (primary N) is 1. The zero-order valence-electron chi connectivity index (χ0n) is 11.0. The highest BCUT2D eigenvalue weighted by Crippen LogP contribution is 2.26. The summed E-state index contributed by atoms with van der Waals surface area (Å²) >= 11 is 0. The van der Waals surface area contributed by atoms with Crippen LogP contribution in [0.2, 0.25) is 0 Å². The second-order valence-electron chi connectivity index (χ2n) is 4.84. The summed E-state index contributed by atoms with van der Waals surface area (Å²) in [4.78, 5) is 18.0. The molecule has 7 nitrogen and oxygen atoms in total. The van der Waals surface area contributed by atoms with Gasteiger partial charge in [0.2, 0.25) is 5.95 Å². The van der Waals surface area contributed by atoms with Gasteiger partial charge in [-0.25, -0.2) is 9.97 Å². The van der Waals surface area contributed by atoms with Gasteiger partial charge in [0.1, 0.15) is 23.3 Å². The fourth-order valence-corrected chi connectivity index (χ4v) is 2.51. The van der Waals surface area contributed by atoms with Crippen LogP contribution in [0.1, 0.15) is 30.1 Å². The van der Waals surface area contributed by atoms with Crippen molar-refractivity contribution in [3.8, 4) is 6.07 Å². The Labute approximate surface area is 116 Å². The predicted octanol–water partition coefficient (Wildman–Crippen LogP) is 1.04. The highest BCUT2D eigenvalue weighted by atomic mass is 15.3. The smallest absolute Gasteiger partial charge is 0.227 e. The van der Waals surface area contributed by atoms with E-state index in [0.717, 1.165) is 31.8 Å². The highest BCUT2D eigenvalue weighted by Gasteiger charge is 2.24. The van der Waals surface area contributed by atoms with E-state index in [4.69, 9.17) is 11.0 Å². The molecule has 7 heteroatoms. The molecule has 0 saturated carbocycles. The molecule has 1 saturated heterocycles. The third kappa shape index (κ3) is 2.28. The number of nitriles is 1. The molecule has 3 N–H and O–H groups in total. The van der Waals surface area contributed by atoms with E-state index in [1.54, 1.807) is 6.20 Å². The Kier molecular flexibility index (Phi) is 3.21. The Morgan fingerprint density at radius 3 is 3.05 bits per heavy atom. The van der Waals surface area contributed by atoms with E-state index >= 15 is 0 Å². The van der Waals surface area contributed by atoms with Crippen molar-refractivity contribution in [3.05, 3.63) is 30.0 Å². The molecule has 1 atom stereocenters. The molecule has 3 heterocycles. The fourth-order valence-electron chi connectivity index (χ4n) is 2.51. The molecule has 0 aliphatic carbocycles. The van der Waals surface area contributed by atoms with Crippen molar-refractivity contribution >= 4 is 11.8 Å². The van der Waals surface area contributed by atoms with Gasteiger partial charge < -0.3 is 15.6 Å². The van der Waals surface area contributed by atoms with Gasteiger partial charge in [-0.1, -0.05) is 0 Å². The summed E-state index contributed by atoms with van der Waals surface area (Å²) in [5.41, 5.74) is 6.06. The van der Waals surface area contributed by atoms with Crippen molar-refractivity contribution in [1.82, 2.24) is 19.9 Å². The van der Waals surface area contributed by atoms with Crippen molar-refractivity contribution in [2.45, 2.75) is 18.8 Å². The SMILES string of the molecule is N#Cc1cnc(N2CCCC(c3ncc[nH]3)C2)nc1N. The molecule has 0 bridgehead atoms. The molecular formula is C13H15N7. The van der Waals surface area contributed by atoms with E-state index in [2.05, 4.69) is 24.8 Å². The topological polar surface area (TPSA) is 108 Å². The quantitative estimate of drug-likeness (QED) is 0.843. The van der Waals surface area contributed by atoms with Crippen molar-refractivity contribution in [2.75, 3.05) is 23.7 Å².